The molecule has 8 N–H and O–H groups in total. The summed E-state index contributed by atoms with van der Waals surface area (Å²) in [6.45, 7) is -1.39. The fraction of sp³-hybridized carbons (Fsp3) is 0.565. The molecule has 0 bridgehead atoms. The van der Waals surface area contributed by atoms with Crippen LogP contribution < -0.4 is 11.5 Å². The van der Waals surface area contributed by atoms with Gasteiger partial charge in [-0.15, -0.1) is 0 Å². The molecule has 0 saturated carbocycles. The molecule has 0 aromatic heterocycles. The first-order valence-corrected chi connectivity index (χ1v) is 15.9. The number of ether oxygens (including phenoxy) is 2. The summed E-state index contributed by atoms with van der Waals surface area (Å²) < 4.78 is 56.1. The number of phosphoric acid groups is 2. The lowest BCUT2D eigenvalue weighted by molar-refractivity contribution is -0.115. The summed E-state index contributed by atoms with van der Waals surface area (Å²) >= 11 is 0. The molecule has 2 saturated heterocycles. The van der Waals surface area contributed by atoms with Crippen molar-refractivity contribution in [1.82, 2.24) is 9.80 Å². The second kappa shape index (κ2) is 13.7. The maximum absolute atomic E-state index is 12.9. The molecular formula is C23H34N4O14P2. The number of aliphatic hydroxyl groups excluding tert-OH is 3. The van der Waals surface area contributed by atoms with E-state index < -0.39 is 83.6 Å². The van der Waals surface area contributed by atoms with Crippen molar-refractivity contribution in [3.63, 3.8) is 0 Å². The van der Waals surface area contributed by atoms with Crippen LogP contribution in [0.3, 0.4) is 0 Å². The molecule has 4 heterocycles. The number of aliphatic hydroxyl groups is 3. The fourth-order valence-electron chi connectivity index (χ4n) is 4.57. The molecule has 4 aliphatic rings. The van der Waals surface area contributed by atoms with E-state index in [9.17, 15) is 38.9 Å². The van der Waals surface area contributed by atoms with Crippen molar-refractivity contribution in [3.05, 3.63) is 48.1 Å². The van der Waals surface area contributed by atoms with Gasteiger partial charge in [0.1, 0.15) is 30.6 Å². The highest BCUT2D eigenvalue weighted by molar-refractivity contribution is 7.61. The predicted molar refractivity (Wildman–Crippen MR) is 143 cm³/mol. The maximum atomic E-state index is 12.9. The zero-order chi connectivity index (χ0) is 31.5. The molecule has 2 unspecified atom stereocenters. The lowest BCUT2D eigenvalue weighted by Crippen LogP contribution is -2.40. The summed E-state index contributed by atoms with van der Waals surface area (Å²) in [6.07, 6.45) is 1.34. The van der Waals surface area contributed by atoms with E-state index in [0.29, 0.717) is 12.0 Å². The Hall–Kier alpha value is -2.44. The SMILES string of the molecule is COP(=O)(OC[C@H]1O[C@H](N2C=CCC(C(N)=O)=C2)C[C@@H]1O)OP(=O)(O)OC[C@H]1O[C@H](N2C=CCC(C(N)=O)=C2)[C@H](O)[C@@H]1O. The van der Waals surface area contributed by atoms with Crippen molar-refractivity contribution in [1.29, 1.82) is 0 Å². The number of allylic oxidation sites excluding steroid dienone is 2. The monoisotopic (exact) mass is 652 g/mol. The Morgan fingerprint density at radius 2 is 1.51 bits per heavy atom. The van der Waals surface area contributed by atoms with Gasteiger partial charge in [-0.3, -0.25) is 23.2 Å². The minimum Gasteiger partial charge on any atom is -0.390 e. The van der Waals surface area contributed by atoms with Gasteiger partial charge in [-0.05, 0) is 12.8 Å². The molecule has 43 heavy (non-hydrogen) atoms. The summed E-state index contributed by atoms with van der Waals surface area (Å²) in [5, 5.41) is 31.2. The van der Waals surface area contributed by atoms with Crippen LogP contribution in [0.5, 0.6) is 0 Å². The van der Waals surface area contributed by atoms with Gasteiger partial charge in [-0.25, -0.2) is 9.13 Å². The molecule has 20 heteroatoms. The number of nitrogens with zero attached hydrogens (tertiary/aromatic N) is 2. The van der Waals surface area contributed by atoms with Gasteiger partial charge in [0, 0.05) is 49.5 Å². The molecule has 2 amide bonds. The third-order valence-corrected chi connectivity index (χ3v) is 9.88. The van der Waals surface area contributed by atoms with Gasteiger partial charge in [0.15, 0.2) is 6.23 Å². The van der Waals surface area contributed by atoms with Crippen molar-refractivity contribution in [2.24, 2.45) is 11.5 Å². The zero-order valence-electron chi connectivity index (χ0n) is 22.9. The molecule has 2 fully saturated rings. The number of phosphoric ester groups is 2. The Morgan fingerprint density at radius 3 is 2.12 bits per heavy atom. The van der Waals surface area contributed by atoms with E-state index in [1.165, 1.54) is 28.4 Å². The fourth-order valence-corrected chi connectivity index (χ4v) is 7.00. The van der Waals surface area contributed by atoms with Gasteiger partial charge >= 0.3 is 15.6 Å². The normalized spacial score (nSPS) is 33.6. The van der Waals surface area contributed by atoms with Gasteiger partial charge in [-0.1, -0.05) is 12.2 Å². The molecule has 4 aliphatic heterocycles. The van der Waals surface area contributed by atoms with Gasteiger partial charge in [0.2, 0.25) is 11.8 Å². The molecule has 0 aromatic rings. The molecule has 240 valence electrons. The number of amides is 2. The predicted octanol–water partition coefficient (Wildman–Crippen LogP) is -1.01. The summed E-state index contributed by atoms with van der Waals surface area (Å²) in [6, 6.07) is 0. The van der Waals surface area contributed by atoms with E-state index in [1.54, 1.807) is 18.4 Å². The van der Waals surface area contributed by atoms with Crippen LogP contribution in [-0.4, -0.2) is 105 Å². The topological polar surface area (TPSA) is 263 Å². The van der Waals surface area contributed by atoms with Crippen LogP contribution in [0.1, 0.15) is 19.3 Å². The quantitative estimate of drug-likeness (QED) is 0.130. The molecule has 0 aliphatic carbocycles. The van der Waals surface area contributed by atoms with Crippen molar-refractivity contribution >= 4 is 27.5 Å². The number of primary amides is 2. The number of carbonyl (C=O) groups excluding carboxylic acids is 2. The first-order chi connectivity index (χ1) is 20.2. The molecule has 9 atom stereocenters. The Morgan fingerprint density at radius 1 is 0.930 bits per heavy atom. The average Bonchev–Trinajstić information content (AvgIpc) is 3.49. The largest absolute Gasteiger partial charge is 0.483 e. The van der Waals surface area contributed by atoms with E-state index in [2.05, 4.69) is 8.83 Å². The van der Waals surface area contributed by atoms with Gasteiger partial charge in [0.05, 0.1) is 19.3 Å². The molecule has 0 spiro atoms. The van der Waals surface area contributed by atoms with Crippen molar-refractivity contribution in [2.75, 3.05) is 20.3 Å². The van der Waals surface area contributed by atoms with Crippen molar-refractivity contribution in [2.45, 2.75) is 62.2 Å². The summed E-state index contributed by atoms with van der Waals surface area (Å²) in [5.41, 5.74) is 11.2. The van der Waals surface area contributed by atoms with Crippen molar-refractivity contribution in [3.8, 4) is 0 Å². The molecular weight excluding hydrogens is 618 g/mol. The first kappa shape index (κ1) is 33.5. The van der Waals surface area contributed by atoms with Gasteiger partial charge < -0.3 is 51.0 Å². The zero-order valence-corrected chi connectivity index (χ0v) is 24.6. The third-order valence-electron chi connectivity index (χ3n) is 6.87. The molecule has 4 rings (SSSR count). The summed E-state index contributed by atoms with van der Waals surface area (Å²) in [7, 11) is -9.07. The number of rotatable bonds is 13. The van der Waals surface area contributed by atoms with E-state index >= 15 is 0 Å². The highest BCUT2D eigenvalue weighted by atomic mass is 31.3. The van der Waals surface area contributed by atoms with E-state index in [4.69, 9.17) is 30.0 Å². The third kappa shape index (κ3) is 8.19. The first-order valence-electron chi connectivity index (χ1n) is 12.9. The number of hydrogen-bond acceptors (Lipinski definition) is 15. The summed E-state index contributed by atoms with van der Waals surface area (Å²) in [4.78, 5) is 36.0. The Kier molecular flexibility index (Phi) is 10.6. The lowest BCUT2D eigenvalue weighted by Gasteiger charge is -2.28. The summed E-state index contributed by atoms with van der Waals surface area (Å²) in [5.74, 6) is -1.30. The molecule has 0 aromatic carbocycles. The minimum atomic E-state index is -5.19. The van der Waals surface area contributed by atoms with E-state index in [1.807, 2.05) is 0 Å². The van der Waals surface area contributed by atoms with Crippen LogP contribution in [-0.2, 0) is 46.1 Å². The van der Waals surface area contributed by atoms with Crippen LogP contribution >= 0.6 is 15.6 Å². The van der Waals surface area contributed by atoms with Crippen LogP contribution in [0, 0.1) is 0 Å². The van der Waals surface area contributed by atoms with Crippen LogP contribution in [0.25, 0.3) is 0 Å². The second-order valence-electron chi connectivity index (χ2n) is 9.86. The second-order valence-corrected chi connectivity index (χ2v) is 13.2. The van der Waals surface area contributed by atoms with Crippen LogP contribution in [0.15, 0.2) is 48.1 Å². The van der Waals surface area contributed by atoms with E-state index in [0.717, 1.165) is 7.11 Å². The maximum Gasteiger partial charge on any atom is 0.483 e. The number of hydrogen-bond donors (Lipinski definition) is 6. The smallest absolute Gasteiger partial charge is 0.390 e. The Bertz CT molecular complexity index is 1290. The van der Waals surface area contributed by atoms with Crippen LogP contribution in [0.4, 0.5) is 0 Å². The van der Waals surface area contributed by atoms with Gasteiger partial charge in [0.25, 0.3) is 0 Å². The number of nitrogens with two attached hydrogens (primary N) is 2. The lowest BCUT2D eigenvalue weighted by atomic mass is 10.1. The average molecular weight is 652 g/mol. The van der Waals surface area contributed by atoms with E-state index in [-0.39, 0.29) is 18.4 Å². The highest BCUT2D eigenvalue weighted by Gasteiger charge is 2.47. The van der Waals surface area contributed by atoms with Gasteiger partial charge in [-0.2, -0.15) is 4.31 Å². The minimum absolute atomic E-state index is 0.0735. The standard InChI is InChI=1S/C23H34N4O14P2/c1-36-43(35,38-11-16-15(28)8-18(39-16)26-6-2-4-13(9-26)21(24)31)41-42(33,34)37-12-17-19(29)20(30)23(40-17)27-7-3-5-14(10-27)22(25)32/h2-3,6-7,9-10,15-20,23,28-30H,4-5,8,11-12H2,1H3,(H2,24,31)(H2,25,32)(H,33,34)/t15-,16+,17+,18-,19+,20+,23-,43?/m0/s1. The number of carbonyl (C=O) groups is 2. The Balaban J connectivity index is 1.30. The van der Waals surface area contributed by atoms with Crippen LogP contribution in [0.2, 0.25) is 0 Å². The van der Waals surface area contributed by atoms with Crippen molar-refractivity contribution < 1.29 is 66.3 Å². The Labute approximate surface area is 245 Å². The highest BCUT2D eigenvalue weighted by Crippen LogP contribution is 2.63. The molecule has 0 radical (unpaired) electrons. The molecule has 18 nitrogen and oxygen atoms in total.